The molecule has 0 bridgehead atoms. The van der Waals surface area contributed by atoms with Crippen molar-refractivity contribution in [1.82, 2.24) is 0 Å². The van der Waals surface area contributed by atoms with Crippen LogP contribution < -0.4 is 0 Å². The minimum absolute atomic E-state index is 0.0888. The maximum Gasteiger partial charge on any atom is 0.151 e. The highest BCUT2D eigenvalue weighted by Crippen LogP contribution is 2.16. The summed E-state index contributed by atoms with van der Waals surface area (Å²) in [5.41, 5.74) is -0.988. The van der Waals surface area contributed by atoms with Crippen molar-refractivity contribution in [3.63, 3.8) is 0 Å². The number of hydrogen-bond acceptors (Lipinski definition) is 4. The van der Waals surface area contributed by atoms with E-state index in [4.69, 9.17) is 15.3 Å². The monoisotopic (exact) mass is 164 g/mol. The molecule has 68 valence electrons. The lowest BCUT2D eigenvalue weighted by Gasteiger charge is -2.22. The molecule has 4 N–H and O–H groups in total. The van der Waals surface area contributed by atoms with Crippen LogP contribution in [0.1, 0.15) is 26.2 Å². The molecule has 0 aromatic rings. The van der Waals surface area contributed by atoms with Gasteiger partial charge in [0.05, 0.1) is 5.60 Å². The van der Waals surface area contributed by atoms with Crippen molar-refractivity contribution < 1.29 is 20.4 Å². The molecule has 1 atom stereocenters. The molecule has 0 aliphatic heterocycles. The molecule has 11 heavy (non-hydrogen) atoms. The van der Waals surface area contributed by atoms with Gasteiger partial charge in [-0.25, -0.2) is 0 Å². The molecule has 0 radical (unpaired) electrons. The summed E-state index contributed by atoms with van der Waals surface area (Å²) >= 11 is 0. The smallest absolute Gasteiger partial charge is 0.151 e. The molecule has 4 nitrogen and oxygen atoms in total. The van der Waals surface area contributed by atoms with Crippen LogP contribution in [0.25, 0.3) is 0 Å². The summed E-state index contributed by atoms with van der Waals surface area (Å²) in [6.07, 6.45) is -0.696. The van der Waals surface area contributed by atoms with Gasteiger partial charge in [-0.15, -0.1) is 0 Å². The zero-order valence-electron chi connectivity index (χ0n) is 6.69. The van der Waals surface area contributed by atoms with Crippen molar-refractivity contribution in [1.29, 1.82) is 0 Å². The second kappa shape index (κ2) is 4.66. The molecule has 0 saturated carbocycles. The highest BCUT2D eigenvalue weighted by Gasteiger charge is 2.19. The van der Waals surface area contributed by atoms with E-state index in [9.17, 15) is 5.11 Å². The van der Waals surface area contributed by atoms with E-state index >= 15 is 0 Å². The van der Waals surface area contributed by atoms with Gasteiger partial charge < -0.3 is 20.4 Å². The van der Waals surface area contributed by atoms with E-state index in [1.54, 1.807) is 6.92 Å². The Balaban J connectivity index is 3.54. The fourth-order valence-corrected chi connectivity index (χ4v) is 0.806. The van der Waals surface area contributed by atoms with Gasteiger partial charge in [0, 0.05) is 13.0 Å². The summed E-state index contributed by atoms with van der Waals surface area (Å²) in [7, 11) is 0. The van der Waals surface area contributed by atoms with Gasteiger partial charge in [0.1, 0.15) is 0 Å². The molecule has 0 amide bonds. The van der Waals surface area contributed by atoms with E-state index in [1.165, 1.54) is 0 Å². The van der Waals surface area contributed by atoms with E-state index in [1.807, 2.05) is 0 Å². The Morgan fingerprint density at radius 3 is 2.18 bits per heavy atom. The maximum atomic E-state index is 9.38. The van der Waals surface area contributed by atoms with Crippen LogP contribution in [0.3, 0.4) is 0 Å². The van der Waals surface area contributed by atoms with Gasteiger partial charge in [0.15, 0.2) is 6.29 Å². The highest BCUT2D eigenvalue weighted by atomic mass is 16.5. The van der Waals surface area contributed by atoms with Crippen LogP contribution in [0, 0.1) is 0 Å². The van der Waals surface area contributed by atoms with Crippen molar-refractivity contribution in [3.8, 4) is 0 Å². The summed E-state index contributed by atoms with van der Waals surface area (Å²) in [5, 5.41) is 34.8. The lowest BCUT2D eigenvalue weighted by atomic mass is 9.97. The predicted molar refractivity (Wildman–Crippen MR) is 39.8 cm³/mol. The fraction of sp³-hybridized carbons (Fsp3) is 1.00. The number of aliphatic hydroxyl groups is 4. The first-order valence-electron chi connectivity index (χ1n) is 3.67. The molecular formula is C7H16O4. The van der Waals surface area contributed by atoms with Gasteiger partial charge in [-0.1, -0.05) is 0 Å². The van der Waals surface area contributed by atoms with Gasteiger partial charge in [0.2, 0.25) is 0 Å². The van der Waals surface area contributed by atoms with Crippen LogP contribution in [-0.4, -0.2) is 38.9 Å². The van der Waals surface area contributed by atoms with E-state index < -0.39 is 11.9 Å². The molecule has 0 rings (SSSR count). The Hall–Kier alpha value is -0.160. The average Bonchev–Trinajstić information content (AvgIpc) is 1.84. The van der Waals surface area contributed by atoms with Gasteiger partial charge in [-0.2, -0.15) is 0 Å². The molecule has 0 aliphatic carbocycles. The van der Waals surface area contributed by atoms with Crippen LogP contribution in [0.4, 0.5) is 0 Å². The standard InChI is InChI=1S/C7H16O4/c1-7(11,4-5-8)3-2-6(9)10/h6,8-11H,2-5H2,1H3. The quantitative estimate of drug-likeness (QED) is 0.401. The van der Waals surface area contributed by atoms with Crippen molar-refractivity contribution in [2.45, 2.75) is 38.1 Å². The van der Waals surface area contributed by atoms with Crippen LogP contribution >= 0.6 is 0 Å². The Morgan fingerprint density at radius 1 is 1.27 bits per heavy atom. The van der Waals surface area contributed by atoms with Crippen molar-refractivity contribution >= 4 is 0 Å². The third-order valence-electron chi connectivity index (χ3n) is 1.59. The van der Waals surface area contributed by atoms with Crippen molar-refractivity contribution in [3.05, 3.63) is 0 Å². The second-order valence-corrected chi connectivity index (χ2v) is 2.99. The third-order valence-corrected chi connectivity index (χ3v) is 1.59. The molecule has 0 aromatic carbocycles. The lowest BCUT2D eigenvalue weighted by Crippen LogP contribution is -2.27. The highest BCUT2D eigenvalue weighted by molar-refractivity contribution is 4.71. The molecule has 0 spiro atoms. The van der Waals surface area contributed by atoms with Crippen LogP contribution in [0.5, 0.6) is 0 Å². The third kappa shape index (κ3) is 6.25. The van der Waals surface area contributed by atoms with Crippen LogP contribution in [0.2, 0.25) is 0 Å². The zero-order valence-corrected chi connectivity index (χ0v) is 6.69. The fourth-order valence-electron chi connectivity index (χ4n) is 0.806. The zero-order chi connectivity index (χ0) is 8.91. The van der Waals surface area contributed by atoms with E-state index in [0.717, 1.165) is 0 Å². The normalized spacial score (nSPS) is 16.9. The Labute approximate surface area is 66.1 Å². The molecule has 0 saturated heterocycles. The molecule has 0 heterocycles. The first kappa shape index (κ1) is 10.8. The molecule has 4 heteroatoms. The van der Waals surface area contributed by atoms with Gasteiger partial charge in [-0.3, -0.25) is 0 Å². The van der Waals surface area contributed by atoms with Crippen molar-refractivity contribution in [2.75, 3.05) is 6.61 Å². The first-order chi connectivity index (χ1) is 4.98. The maximum absolute atomic E-state index is 9.38. The molecule has 0 aliphatic rings. The summed E-state index contributed by atoms with van der Waals surface area (Å²) in [6.45, 7) is 1.47. The Morgan fingerprint density at radius 2 is 1.82 bits per heavy atom. The van der Waals surface area contributed by atoms with Gasteiger partial charge in [0.25, 0.3) is 0 Å². The average molecular weight is 164 g/mol. The Kier molecular flexibility index (Phi) is 4.60. The summed E-state index contributed by atoms with van der Waals surface area (Å²) in [4.78, 5) is 0. The molecule has 0 aromatic heterocycles. The van der Waals surface area contributed by atoms with Crippen LogP contribution in [0.15, 0.2) is 0 Å². The molecular weight excluding hydrogens is 148 g/mol. The molecule has 0 fully saturated rings. The molecule has 1 unspecified atom stereocenters. The largest absolute Gasteiger partial charge is 0.396 e. The Bertz CT molecular complexity index is 101. The number of aliphatic hydroxyl groups excluding tert-OH is 2. The minimum Gasteiger partial charge on any atom is -0.396 e. The van der Waals surface area contributed by atoms with Crippen LogP contribution in [-0.2, 0) is 0 Å². The summed E-state index contributed by atoms with van der Waals surface area (Å²) < 4.78 is 0. The summed E-state index contributed by atoms with van der Waals surface area (Å²) in [5.74, 6) is 0. The van der Waals surface area contributed by atoms with Gasteiger partial charge >= 0.3 is 0 Å². The number of rotatable bonds is 5. The van der Waals surface area contributed by atoms with Gasteiger partial charge in [-0.05, 0) is 19.8 Å². The minimum atomic E-state index is -1.37. The summed E-state index contributed by atoms with van der Waals surface area (Å²) in [6, 6.07) is 0. The topological polar surface area (TPSA) is 80.9 Å². The van der Waals surface area contributed by atoms with E-state index in [0.29, 0.717) is 0 Å². The van der Waals surface area contributed by atoms with E-state index in [-0.39, 0.29) is 25.9 Å². The number of hydrogen-bond donors (Lipinski definition) is 4. The van der Waals surface area contributed by atoms with Crippen molar-refractivity contribution in [2.24, 2.45) is 0 Å². The predicted octanol–water partition coefficient (Wildman–Crippen LogP) is -0.789. The van der Waals surface area contributed by atoms with E-state index in [2.05, 4.69) is 0 Å². The lowest BCUT2D eigenvalue weighted by molar-refractivity contribution is -0.0671. The first-order valence-corrected chi connectivity index (χ1v) is 3.67. The second-order valence-electron chi connectivity index (χ2n) is 2.99. The SMILES string of the molecule is CC(O)(CCO)CCC(O)O.